The highest BCUT2D eigenvalue weighted by atomic mass is 79.9. The van der Waals surface area contributed by atoms with Crippen molar-refractivity contribution in [3.05, 3.63) is 20.8 Å². The van der Waals surface area contributed by atoms with E-state index in [2.05, 4.69) is 21.0 Å². The Labute approximate surface area is 83.0 Å². The molecule has 0 aliphatic carbocycles. The van der Waals surface area contributed by atoms with E-state index in [0.29, 0.717) is 11.0 Å². The molecule has 0 fully saturated rings. The lowest BCUT2D eigenvalue weighted by Crippen LogP contribution is -2.22. The summed E-state index contributed by atoms with van der Waals surface area (Å²) in [5.41, 5.74) is 5.51. The second-order valence-corrected chi connectivity index (χ2v) is 3.61. The summed E-state index contributed by atoms with van der Waals surface area (Å²) in [6.45, 7) is 2.27. The monoisotopic (exact) mass is 248 g/mol. The number of hydrogen-bond donors (Lipinski definition) is 1. The molecular formula is C6H9BrN4O2. The van der Waals surface area contributed by atoms with Gasteiger partial charge in [-0.3, -0.25) is 0 Å². The van der Waals surface area contributed by atoms with Crippen molar-refractivity contribution in [3.63, 3.8) is 0 Å². The molecule has 1 atom stereocenters. The van der Waals surface area contributed by atoms with Crippen LogP contribution in [0.1, 0.15) is 6.92 Å². The van der Waals surface area contributed by atoms with Crippen molar-refractivity contribution in [2.45, 2.75) is 19.5 Å². The molecule has 0 aliphatic heterocycles. The second-order valence-electron chi connectivity index (χ2n) is 2.76. The maximum absolute atomic E-state index is 10.4. The predicted octanol–water partition coefficient (Wildman–Crippen LogP) is 0.901. The number of nitrogens with two attached hydrogens (primary N) is 1. The van der Waals surface area contributed by atoms with E-state index in [0.717, 1.165) is 0 Å². The first-order chi connectivity index (χ1) is 6.00. The number of rotatable bonds is 3. The van der Waals surface area contributed by atoms with Crippen molar-refractivity contribution in [2.75, 3.05) is 0 Å². The second kappa shape index (κ2) is 3.84. The quantitative estimate of drug-likeness (QED) is 0.636. The summed E-state index contributed by atoms with van der Waals surface area (Å²) < 4.78 is 1.82. The van der Waals surface area contributed by atoms with Gasteiger partial charge in [-0.05, 0) is 27.8 Å². The third-order valence-electron chi connectivity index (χ3n) is 1.35. The van der Waals surface area contributed by atoms with Crippen LogP contribution in [0.25, 0.3) is 0 Å². The highest BCUT2D eigenvalue weighted by Gasteiger charge is 2.18. The SMILES string of the molecule is CC(N)Cn1cc(Br)c([N+](=O)[O-])n1. The first-order valence-corrected chi connectivity index (χ1v) is 4.43. The zero-order valence-corrected chi connectivity index (χ0v) is 8.56. The van der Waals surface area contributed by atoms with Gasteiger partial charge in [0.05, 0.1) is 17.8 Å². The van der Waals surface area contributed by atoms with Gasteiger partial charge >= 0.3 is 5.82 Å². The summed E-state index contributed by atoms with van der Waals surface area (Å²) in [5.74, 6) is -0.180. The molecule has 1 aromatic heterocycles. The maximum atomic E-state index is 10.4. The fourth-order valence-electron chi connectivity index (χ4n) is 0.899. The van der Waals surface area contributed by atoms with Crippen molar-refractivity contribution >= 4 is 21.7 Å². The van der Waals surface area contributed by atoms with Crippen LogP contribution in [0.4, 0.5) is 5.82 Å². The predicted molar refractivity (Wildman–Crippen MR) is 50.2 cm³/mol. The van der Waals surface area contributed by atoms with Gasteiger partial charge in [0.25, 0.3) is 0 Å². The highest BCUT2D eigenvalue weighted by molar-refractivity contribution is 9.10. The zero-order valence-electron chi connectivity index (χ0n) is 6.98. The molecule has 1 heterocycles. The lowest BCUT2D eigenvalue weighted by atomic mass is 10.4. The molecule has 72 valence electrons. The average Bonchev–Trinajstić information content (AvgIpc) is 2.29. The molecular weight excluding hydrogens is 240 g/mol. The summed E-state index contributed by atoms with van der Waals surface area (Å²) in [5, 5.41) is 14.1. The van der Waals surface area contributed by atoms with Gasteiger partial charge < -0.3 is 15.8 Å². The highest BCUT2D eigenvalue weighted by Crippen LogP contribution is 2.21. The van der Waals surface area contributed by atoms with Crippen LogP contribution < -0.4 is 5.73 Å². The molecule has 0 spiro atoms. The van der Waals surface area contributed by atoms with Crippen molar-refractivity contribution in [3.8, 4) is 0 Å². The number of nitrogens with zero attached hydrogens (tertiary/aromatic N) is 3. The summed E-state index contributed by atoms with van der Waals surface area (Å²) >= 11 is 3.04. The van der Waals surface area contributed by atoms with E-state index in [1.54, 1.807) is 13.1 Å². The van der Waals surface area contributed by atoms with Gasteiger partial charge in [0.2, 0.25) is 0 Å². The first-order valence-electron chi connectivity index (χ1n) is 3.63. The van der Waals surface area contributed by atoms with E-state index in [9.17, 15) is 10.1 Å². The standard InChI is InChI=1S/C6H9BrN4O2/c1-4(8)2-10-3-5(7)6(9-10)11(12)13/h3-4H,2,8H2,1H3. The van der Waals surface area contributed by atoms with E-state index >= 15 is 0 Å². The van der Waals surface area contributed by atoms with Crippen LogP contribution in [0.15, 0.2) is 10.7 Å². The van der Waals surface area contributed by atoms with E-state index < -0.39 is 4.92 Å². The van der Waals surface area contributed by atoms with E-state index in [1.165, 1.54) is 4.68 Å². The number of halogens is 1. The Morgan fingerprint density at radius 2 is 2.54 bits per heavy atom. The third-order valence-corrected chi connectivity index (χ3v) is 1.91. The fraction of sp³-hybridized carbons (Fsp3) is 0.500. The topological polar surface area (TPSA) is 87.0 Å². The Morgan fingerprint density at radius 3 is 2.92 bits per heavy atom. The largest absolute Gasteiger partial charge is 0.404 e. The summed E-state index contributed by atoms with van der Waals surface area (Å²) in [7, 11) is 0. The van der Waals surface area contributed by atoms with Gasteiger partial charge in [-0.15, -0.1) is 0 Å². The molecule has 0 saturated heterocycles. The van der Waals surface area contributed by atoms with Crippen LogP contribution in [-0.2, 0) is 6.54 Å². The van der Waals surface area contributed by atoms with Crippen molar-refractivity contribution in [1.82, 2.24) is 9.78 Å². The third kappa shape index (κ3) is 2.49. The van der Waals surface area contributed by atoms with Crippen LogP contribution >= 0.6 is 15.9 Å². The van der Waals surface area contributed by atoms with Crippen molar-refractivity contribution in [1.29, 1.82) is 0 Å². The number of hydrogen-bond acceptors (Lipinski definition) is 4. The van der Waals surface area contributed by atoms with Crippen LogP contribution in [0.5, 0.6) is 0 Å². The van der Waals surface area contributed by atoms with Crippen LogP contribution in [-0.4, -0.2) is 20.7 Å². The Bertz CT molecular complexity index is 322. The zero-order chi connectivity index (χ0) is 10.0. The van der Waals surface area contributed by atoms with Crippen molar-refractivity contribution < 1.29 is 4.92 Å². The Hall–Kier alpha value is -0.950. The molecule has 1 aromatic rings. The van der Waals surface area contributed by atoms with E-state index in [4.69, 9.17) is 5.73 Å². The molecule has 1 rings (SSSR count). The molecule has 0 aliphatic rings. The van der Waals surface area contributed by atoms with Crippen LogP contribution in [0, 0.1) is 10.1 Å². The molecule has 1 unspecified atom stereocenters. The van der Waals surface area contributed by atoms with Gasteiger partial charge in [-0.25, -0.2) is 0 Å². The number of nitro groups is 1. The first kappa shape index (κ1) is 10.1. The van der Waals surface area contributed by atoms with Crippen LogP contribution in [0.2, 0.25) is 0 Å². The van der Waals surface area contributed by atoms with Crippen molar-refractivity contribution in [2.24, 2.45) is 5.73 Å². The summed E-state index contributed by atoms with van der Waals surface area (Å²) in [6.07, 6.45) is 1.54. The average molecular weight is 249 g/mol. The van der Waals surface area contributed by atoms with Gasteiger partial charge in [0, 0.05) is 6.04 Å². The fourth-order valence-corrected chi connectivity index (χ4v) is 1.36. The lowest BCUT2D eigenvalue weighted by molar-refractivity contribution is -0.390. The van der Waals surface area contributed by atoms with Gasteiger partial charge in [-0.1, -0.05) is 0 Å². The maximum Gasteiger partial charge on any atom is 0.404 e. The minimum atomic E-state index is -0.540. The van der Waals surface area contributed by atoms with E-state index in [-0.39, 0.29) is 11.9 Å². The van der Waals surface area contributed by atoms with E-state index in [1.807, 2.05) is 0 Å². The molecule has 7 heteroatoms. The summed E-state index contributed by atoms with van der Waals surface area (Å²) in [4.78, 5) is 9.85. The molecule has 0 aromatic carbocycles. The smallest absolute Gasteiger partial charge is 0.358 e. The van der Waals surface area contributed by atoms with Gasteiger partial charge in [-0.2, -0.15) is 4.68 Å². The Kier molecular flexibility index (Phi) is 2.99. The van der Waals surface area contributed by atoms with Crippen LogP contribution in [0.3, 0.4) is 0 Å². The summed E-state index contributed by atoms with van der Waals surface area (Å²) in [6, 6.07) is -0.0774. The molecule has 2 N–H and O–H groups in total. The Morgan fingerprint density at radius 1 is 1.92 bits per heavy atom. The molecule has 0 bridgehead atoms. The lowest BCUT2D eigenvalue weighted by Gasteiger charge is -1.99. The van der Waals surface area contributed by atoms with Gasteiger partial charge in [0.15, 0.2) is 0 Å². The minimum absolute atomic E-state index is 0.0774. The molecule has 13 heavy (non-hydrogen) atoms. The van der Waals surface area contributed by atoms with Gasteiger partial charge in [0.1, 0.15) is 4.47 Å². The molecule has 0 amide bonds. The minimum Gasteiger partial charge on any atom is -0.358 e. The molecule has 6 nitrogen and oxygen atoms in total. The Balaban J connectivity index is 2.89. The molecule has 0 radical (unpaired) electrons. The number of aromatic nitrogens is 2. The normalized spacial score (nSPS) is 12.8. The molecule has 0 saturated carbocycles.